The highest BCUT2D eigenvalue weighted by Gasteiger charge is 2.34. The van der Waals surface area contributed by atoms with Crippen LogP contribution in [0.25, 0.3) is 0 Å². The summed E-state index contributed by atoms with van der Waals surface area (Å²) in [5.41, 5.74) is 4.06. The molecule has 34 heavy (non-hydrogen) atoms. The smallest absolute Gasteiger partial charge is 0.255 e. The number of carbonyl (C=O) groups is 1. The minimum absolute atomic E-state index is 0.186. The molecule has 2 N–H and O–H groups in total. The van der Waals surface area contributed by atoms with Crippen molar-refractivity contribution in [1.29, 1.82) is 0 Å². The third kappa shape index (κ3) is 5.15. The van der Waals surface area contributed by atoms with Gasteiger partial charge in [-0.25, -0.2) is 4.68 Å². The molecular formula is C25H28BrN5O2S. The molecule has 0 radical (unpaired) electrons. The van der Waals surface area contributed by atoms with E-state index in [0.29, 0.717) is 16.7 Å². The number of ether oxygens (including phenoxy) is 1. The van der Waals surface area contributed by atoms with Crippen molar-refractivity contribution in [1.82, 2.24) is 14.8 Å². The summed E-state index contributed by atoms with van der Waals surface area (Å²) in [5.74, 6) is 2.11. The molecule has 0 aliphatic carbocycles. The van der Waals surface area contributed by atoms with Crippen LogP contribution in [-0.2, 0) is 4.79 Å². The van der Waals surface area contributed by atoms with Crippen molar-refractivity contribution >= 4 is 45.2 Å². The average molecular weight is 543 g/mol. The fraction of sp³-hybridized carbons (Fsp3) is 0.320. The van der Waals surface area contributed by atoms with E-state index >= 15 is 0 Å². The maximum Gasteiger partial charge on any atom is 0.255 e. The van der Waals surface area contributed by atoms with Crippen LogP contribution in [0.4, 0.5) is 11.6 Å². The minimum atomic E-state index is -0.448. The Morgan fingerprint density at radius 3 is 2.79 bits per heavy atom. The Kier molecular flexibility index (Phi) is 7.63. The topological polar surface area (TPSA) is 81.1 Å². The summed E-state index contributed by atoms with van der Waals surface area (Å²) in [6.45, 7) is 6.07. The molecule has 178 valence electrons. The number of thioether (sulfide) groups is 1. The molecule has 7 nitrogen and oxygen atoms in total. The van der Waals surface area contributed by atoms with E-state index in [4.69, 9.17) is 14.8 Å². The van der Waals surface area contributed by atoms with E-state index in [0.717, 1.165) is 51.3 Å². The number of aromatic nitrogens is 3. The van der Waals surface area contributed by atoms with Gasteiger partial charge in [0.2, 0.25) is 11.1 Å². The van der Waals surface area contributed by atoms with E-state index in [1.165, 1.54) is 0 Å². The Labute approximate surface area is 212 Å². The Hall–Kier alpha value is -2.78. The number of hydrogen-bond acceptors (Lipinski definition) is 6. The molecule has 1 aromatic heterocycles. The first kappa shape index (κ1) is 24.3. The number of halogens is 1. The van der Waals surface area contributed by atoms with Crippen molar-refractivity contribution in [3.05, 3.63) is 69.3 Å². The van der Waals surface area contributed by atoms with Gasteiger partial charge in [-0.05, 0) is 71.6 Å². The number of unbranched alkanes of at least 4 members (excludes halogenated alkanes) is 1. The quantitative estimate of drug-likeness (QED) is 0.262. The van der Waals surface area contributed by atoms with Crippen molar-refractivity contribution in [2.75, 3.05) is 23.5 Å². The second-order valence-electron chi connectivity index (χ2n) is 8.15. The molecule has 0 saturated carbocycles. The third-order valence-corrected chi connectivity index (χ3v) is 7.12. The molecule has 2 aromatic carbocycles. The highest BCUT2D eigenvalue weighted by atomic mass is 79.9. The van der Waals surface area contributed by atoms with Gasteiger partial charge in [-0.15, -0.1) is 5.10 Å². The van der Waals surface area contributed by atoms with Gasteiger partial charge in [0.1, 0.15) is 11.8 Å². The number of methoxy groups -OCH3 is 1. The zero-order chi connectivity index (χ0) is 24.2. The summed E-state index contributed by atoms with van der Waals surface area (Å²) < 4.78 is 8.03. The summed E-state index contributed by atoms with van der Waals surface area (Å²) >= 11 is 5.22. The Bertz CT molecular complexity index is 1240. The van der Waals surface area contributed by atoms with E-state index in [2.05, 4.69) is 33.5 Å². The molecule has 9 heteroatoms. The van der Waals surface area contributed by atoms with Gasteiger partial charge in [0.15, 0.2) is 0 Å². The van der Waals surface area contributed by atoms with Crippen LogP contribution in [0.5, 0.6) is 5.75 Å². The van der Waals surface area contributed by atoms with Gasteiger partial charge >= 0.3 is 0 Å². The zero-order valence-corrected chi connectivity index (χ0v) is 22.1. The predicted molar refractivity (Wildman–Crippen MR) is 141 cm³/mol. The normalized spacial score (nSPS) is 15.0. The molecule has 0 fully saturated rings. The Morgan fingerprint density at radius 2 is 2.09 bits per heavy atom. The van der Waals surface area contributed by atoms with Crippen LogP contribution in [0, 0.1) is 6.92 Å². The first-order chi connectivity index (χ1) is 16.4. The zero-order valence-electron chi connectivity index (χ0n) is 19.7. The number of nitrogens with zero attached hydrogens (tertiary/aromatic N) is 3. The van der Waals surface area contributed by atoms with Crippen LogP contribution >= 0.6 is 27.7 Å². The largest absolute Gasteiger partial charge is 0.496 e. The minimum Gasteiger partial charge on any atom is -0.496 e. The summed E-state index contributed by atoms with van der Waals surface area (Å²) in [7, 11) is 1.63. The second kappa shape index (κ2) is 10.7. The first-order valence-electron chi connectivity index (χ1n) is 11.2. The highest BCUT2D eigenvalue weighted by molar-refractivity contribution is 9.10. The van der Waals surface area contributed by atoms with Gasteiger partial charge in [0.05, 0.1) is 17.2 Å². The lowest BCUT2D eigenvalue weighted by Crippen LogP contribution is -2.31. The summed E-state index contributed by atoms with van der Waals surface area (Å²) in [4.78, 5) is 18.3. The van der Waals surface area contributed by atoms with Gasteiger partial charge in [0, 0.05) is 17.1 Å². The predicted octanol–water partition coefficient (Wildman–Crippen LogP) is 6.18. The van der Waals surface area contributed by atoms with Gasteiger partial charge in [-0.1, -0.05) is 43.3 Å². The standard InChI is InChI=1S/C25H28BrN5O2S/c1-5-6-12-34-25-29-24-27-16(3)21(23(32)28-18-9-7-8-15(2)13-18)22(31(24)30-25)17-10-11-20(33-4)19(26)14-17/h7-11,13-14,22H,5-6,12H2,1-4H3,(H,28,32)(H,27,29,30). The van der Waals surface area contributed by atoms with Gasteiger partial charge < -0.3 is 15.4 Å². The number of aryl methyl sites for hydroxylation is 1. The second-order valence-corrected chi connectivity index (χ2v) is 10.1. The third-order valence-electron chi connectivity index (χ3n) is 5.57. The molecule has 1 unspecified atom stereocenters. The van der Waals surface area contributed by atoms with E-state index in [9.17, 15) is 4.79 Å². The number of allylic oxidation sites excluding steroid dienone is 1. The van der Waals surface area contributed by atoms with Crippen LogP contribution in [0.3, 0.4) is 0 Å². The maximum absolute atomic E-state index is 13.6. The molecule has 0 spiro atoms. The lowest BCUT2D eigenvalue weighted by Gasteiger charge is -2.29. The molecule has 2 heterocycles. The number of carbonyl (C=O) groups excluding carboxylic acids is 1. The average Bonchev–Trinajstić information content (AvgIpc) is 3.20. The van der Waals surface area contributed by atoms with Crippen molar-refractivity contribution in [3.8, 4) is 5.75 Å². The number of nitrogens with one attached hydrogen (secondary N) is 2. The van der Waals surface area contributed by atoms with Crippen molar-refractivity contribution in [2.45, 2.75) is 44.8 Å². The molecule has 3 aromatic rings. The number of fused-ring (bicyclic) bond motifs is 1. The summed E-state index contributed by atoms with van der Waals surface area (Å²) in [6.07, 6.45) is 2.21. The van der Waals surface area contributed by atoms with Crippen LogP contribution in [0.2, 0.25) is 0 Å². The molecular weight excluding hydrogens is 514 g/mol. The molecule has 1 aliphatic heterocycles. The lowest BCUT2D eigenvalue weighted by molar-refractivity contribution is -0.113. The molecule has 1 aliphatic rings. The lowest BCUT2D eigenvalue weighted by atomic mass is 9.95. The van der Waals surface area contributed by atoms with Gasteiger partial charge in [0.25, 0.3) is 5.91 Å². The molecule has 4 rings (SSSR count). The molecule has 0 saturated heterocycles. The van der Waals surface area contributed by atoms with Crippen molar-refractivity contribution < 1.29 is 9.53 Å². The van der Waals surface area contributed by atoms with E-state index in [1.807, 2.05) is 56.3 Å². The maximum atomic E-state index is 13.6. The fourth-order valence-corrected chi connectivity index (χ4v) is 5.35. The first-order valence-corrected chi connectivity index (χ1v) is 13.0. The van der Waals surface area contributed by atoms with Gasteiger partial charge in [-0.2, -0.15) is 4.98 Å². The van der Waals surface area contributed by atoms with Crippen molar-refractivity contribution in [2.24, 2.45) is 0 Å². The van der Waals surface area contributed by atoms with Gasteiger partial charge in [-0.3, -0.25) is 4.79 Å². The SMILES string of the molecule is CCCCSc1nc2n(n1)C(c1ccc(OC)c(Br)c1)C(C(=O)Nc1cccc(C)c1)=C(C)N2. The molecule has 1 atom stereocenters. The number of anilines is 2. The number of amides is 1. The van der Waals surface area contributed by atoms with E-state index < -0.39 is 6.04 Å². The summed E-state index contributed by atoms with van der Waals surface area (Å²) in [6, 6.07) is 13.1. The van der Waals surface area contributed by atoms with Crippen LogP contribution in [0.1, 0.15) is 43.9 Å². The Morgan fingerprint density at radius 1 is 1.26 bits per heavy atom. The molecule has 0 bridgehead atoms. The van der Waals surface area contributed by atoms with Crippen molar-refractivity contribution in [3.63, 3.8) is 0 Å². The van der Waals surface area contributed by atoms with E-state index in [-0.39, 0.29) is 5.91 Å². The number of hydrogen-bond donors (Lipinski definition) is 2. The Balaban J connectivity index is 1.75. The van der Waals surface area contributed by atoms with Crippen LogP contribution < -0.4 is 15.4 Å². The van der Waals surface area contributed by atoms with Crippen LogP contribution in [-0.4, -0.2) is 33.5 Å². The number of rotatable bonds is 8. The van der Waals surface area contributed by atoms with E-state index in [1.54, 1.807) is 23.6 Å². The highest BCUT2D eigenvalue weighted by Crippen LogP contribution is 2.39. The summed E-state index contributed by atoms with van der Waals surface area (Å²) in [5, 5.41) is 11.8. The number of benzene rings is 2. The molecule has 1 amide bonds. The monoisotopic (exact) mass is 541 g/mol. The van der Waals surface area contributed by atoms with Crippen LogP contribution in [0.15, 0.2) is 63.4 Å². The fourth-order valence-electron chi connectivity index (χ4n) is 3.88.